The number of carbonyl (C=O) groups is 1. The summed E-state index contributed by atoms with van der Waals surface area (Å²) in [6.45, 7) is 5.53. The third kappa shape index (κ3) is 3.08. The van der Waals surface area contributed by atoms with E-state index in [1.807, 2.05) is 57.2 Å². The number of nitrogens with one attached hydrogen (secondary N) is 1. The molecule has 3 nitrogen and oxygen atoms in total. The van der Waals surface area contributed by atoms with Gasteiger partial charge in [0.15, 0.2) is 5.78 Å². The molecular formula is C26H22F3NO2. The van der Waals surface area contributed by atoms with Gasteiger partial charge in [-0.25, -0.2) is 0 Å². The van der Waals surface area contributed by atoms with Gasteiger partial charge in [0, 0.05) is 22.7 Å². The molecule has 0 radical (unpaired) electrons. The highest BCUT2D eigenvalue weighted by atomic mass is 19.4. The summed E-state index contributed by atoms with van der Waals surface area (Å²) in [7, 11) is 0. The molecule has 0 aliphatic carbocycles. The molecule has 3 aromatic carbocycles. The number of carbonyl (C=O) groups excluding carboxylic acids is 1. The molecule has 0 aromatic heterocycles. The van der Waals surface area contributed by atoms with Crippen LogP contribution in [0.3, 0.4) is 0 Å². The number of Topliss-reactive ketones (excluding diaryl/α,β-unsaturated/α-hetero) is 1. The third-order valence-electron chi connectivity index (χ3n) is 6.38. The first-order chi connectivity index (χ1) is 15.1. The van der Waals surface area contributed by atoms with Crippen LogP contribution in [0.1, 0.15) is 55.0 Å². The first-order valence-electron chi connectivity index (χ1n) is 10.5. The number of alkyl halides is 3. The Bertz CT molecular complexity index is 1250. The Hall–Kier alpha value is -3.28. The Kier molecular flexibility index (Phi) is 4.42. The van der Waals surface area contributed by atoms with E-state index in [-0.39, 0.29) is 5.78 Å². The van der Waals surface area contributed by atoms with Crippen LogP contribution in [-0.4, -0.2) is 11.3 Å². The lowest BCUT2D eigenvalue weighted by Crippen LogP contribution is -2.47. The SMILES string of the molecule is C[C@H]1C(=O)C(C)(C)Nc2ccc3c(c21)[C@H](c1cccc(C(F)(F)F)c1)Oc1ccccc1-3. The van der Waals surface area contributed by atoms with Gasteiger partial charge in [-0.1, -0.05) is 43.3 Å². The van der Waals surface area contributed by atoms with Gasteiger partial charge >= 0.3 is 6.18 Å². The second kappa shape index (κ2) is 6.86. The van der Waals surface area contributed by atoms with Gasteiger partial charge in [-0.15, -0.1) is 0 Å². The summed E-state index contributed by atoms with van der Waals surface area (Å²) in [5.74, 6) is 0.198. The molecule has 2 aliphatic rings. The van der Waals surface area contributed by atoms with E-state index in [1.54, 1.807) is 6.07 Å². The minimum absolute atomic E-state index is 0.0278. The van der Waals surface area contributed by atoms with Crippen molar-refractivity contribution >= 4 is 11.5 Å². The van der Waals surface area contributed by atoms with Gasteiger partial charge in [-0.05, 0) is 54.8 Å². The van der Waals surface area contributed by atoms with E-state index in [2.05, 4.69) is 5.32 Å². The van der Waals surface area contributed by atoms with Gasteiger partial charge in [0.05, 0.1) is 11.1 Å². The molecule has 0 saturated heterocycles. The van der Waals surface area contributed by atoms with Crippen LogP contribution >= 0.6 is 0 Å². The molecule has 32 heavy (non-hydrogen) atoms. The van der Waals surface area contributed by atoms with E-state index in [0.717, 1.165) is 40.1 Å². The van der Waals surface area contributed by atoms with Crippen molar-refractivity contribution in [2.45, 2.75) is 44.5 Å². The maximum absolute atomic E-state index is 13.4. The predicted octanol–water partition coefficient (Wildman–Crippen LogP) is 6.73. The minimum atomic E-state index is -4.46. The zero-order valence-corrected chi connectivity index (χ0v) is 17.9. The van der Waals surface area contributed by atoms with Crippen LogP contribution in [0.4, 0.5) is 18.9 Å². The molecule has 0 amide bonds. The third-order valence-corrected chi connectivity index (χ3v) is 6.38. The van der Waals surface area contributed by atoms with Gasteiger partial charge in [-0.3, -0.25) is 4.79 Å². The molecule has 0 fully saturated rings. The second-order valence-electron chi connectivity index (χ2n) is 8.94. The quantitative estimate of drug-likeness (QED) is 0.459. The monoisotopic (exact) mass is 437 g/mol. The van der Waals surface area contributed by atoms with E-state index in [1.165, 1.54) is 6.07 Å². The normalized spacial score (nSPS) is 21.0. The Morgan fingerprint density at radius 2 is 1.69 bits per heavy atom. The predicted molar refractivity (Wildman–Crippen MR) is 117 cm³/mol. The topological polar surface area (TPSA) is 38.3 Å². The van der Waals surface area contributed by atoms with Gasteiger partial charge in [0.2, 0.25) is 0 Å². The molecule has 0 spiro atoms. The fraction of sp³-hybridized carbons (Fsp3) is 0.269. The highest BCUT2D eigenvalue weighted by Gasteiger charge is 2.43. The number of hydrogen-bond acceptors (Lipinski definition) is 3. The zero-order chi connectivity index (χ0) is 22.8. The lowest BCUT2D eigenvalue weighted by Gasteiger charge is -2.40. The van der Waals surface area contributed by atoms with E-state index < -0.39 is 29.3 Å². The zero-order valence-electron chi connectivity index (χ0n) is 17.9. The first kappa shape index (κ1) is 20.6. The standard InChI is InChI=1S/C26H22F3NO2/c1-14-21-19(30-25(2,3)24(14)31)12-11-18-17-9-4-5-10-20(17)32-23(22(18)21)15-7-6-8-16(13-15)26(27,28)29/h4-14,23,30H,1-3H3/t14-,23+/m1/s1. The van der Waals surface area contributed by atoms with E-state index >= 15 is 0 Å². The molecule has 6 heteroatoms. The van der Waals surface area contributed by atoms with E-state index in [9.17, 15) is 18.0 Å². The maximum atomic E-state index is 13.4. The fourth-order valence-corrected chi connectivity index (χ4v) is 4.89. The molecule has 3 aromatic rings. The second-order valence-corrected chi connectivity index (χ2v) is 8.94. The molecule has 164 valence electrons. The van der Waals surface area contributed by atoms with Crippen molar-refractivity contribution < 1.29 is 22.7 Å². The Morgan fingerprint density at radius 1 is 0.938 bits per heavy atom. The van der Waals surface area contributed by atoms with E-state index in [4.69, 9.17) is 4.74 Å². The first-order valence-corrected chi connectivity index (χ1v) is 10.5. The van der Waals surface area contributed by atoms with Crippen molar-refractivity contribution in [3.05, 3.63) is 82.9 Å². The lowest BCUT2D eigenvalue weighted by atomic mass is 9.74. The molecule has 0 saturated carbocycles. The molecule has 2 heterocycles. The molecule has 1 N–H and O–H groups in total. The van der Waals surface area contributed by atoms with Crippen LogP contribution in [0.5, 0.6) is 5.75 Å². The Labute approximate surface area is 184 Å². The smallest absolute Gasteiger partial charge is 0.416 e. The van der Waals surface area contributed by atoms with Crippen LogP contribution in [0, 0.1) is 0 Å². The molecule has 2 atom stereocenters. The van der Waals surface area contributed by atoms with Crippen LogP contribution in [0.25, 0.3) is 11.1 Å². The Morgan fingerprint density at radius 3 is 2.44 bits per heavy atom. The number of anilines is 1. The van der Waals surface area contributed by atoms with Crippen LogP contribution in [-0.2, 0) is 11.0 Å². The van der Waals surface area contributed by atoms with Crippen molar-refractivity contribution in [1.82, 2.24) is 0 Å². The minimum Gasteiger partial charge on any atom is -0.480 e. The highest BCUT2D eigenvalue weighted by Crippen LogP contribution is 2.51. The average Bonchev–Trinajstić information content (AvgIpc) is 2.75. The van der Waals surface area contributed by atoms with Crippen LogP contribution in [0.15, 0.2) is 60.7 Å². The molecule has 5 rings (SSSR count). The summed E-state index contributed by atoms with van der Waals surface area (Å²) < 4.78 is 46.6. The molecule has 0 unspecified atom stereocenters. The van der Waals surface area contributed by atoms with Crippen molar-refractivity contribution in [1.29, 1.82) is 0 Å². The summed E-state index contributed by atoms with van der Waals surface area (Å²) in [4.78, 5) is 13.1. The van der Waals surface area contributed by atoms with Gasteiger partial charge in [-0.2, -0.15) is 13.2 Å². The van der Waals surface area contributed by atoms with Gasteiger partial charge in [0.1, 0.15) is 11.9 Å². The number of ether oxygens (including phenoxy) is 1. The van der Waals surface area contributed by atoms with Crippen molar-refractivity contribution in [2.75, 3.05) is 5.32 Å². The van der Waals surface area contributed by atoms with Crippen molar-refractivity contribution in [3.63, 3.8) is 0 Å². The fourth-order valence-electron chi connectivity index (χ4n) is 4.89. The number of fused-ring (bicyclic) bond motifs is 5. The molecular weight excluding hydrogens is 415 g/mol. The van der Waals surface area contributed by atoms with Gasteiger partial charge < -0.3 is 10.1 Å². The molecule has 0 bridgehead atoms. The number of benzene rings is 3. The number of halogens is 3. The Balaban J connectivity index is 1.78. The summed E-state index contributed by atoms with van der Waals surface area (Å²) in [6.07, 6.45) is -5.23. The maximum Gasteiger partial charge on any atom is 0.416 e. The van der Waals surface area contributed by atoms with Crippen LogP contribution in [0.2, 0.25) is 0 Å². The molecule has 2 aliphatic heterocycles. The summed E-state index contributed by atoms with van der Waals surface area (Å²) >= 11 is 0. The van der Waals surface area contributed by atoms with E-state index in [0.29, 0.717) is 11.3 Å². The summed E-state index contributed by atoms with van der Waals surface area (Å²) in [5.41, 5.74) is 2.99. The number of ketones is 1. The van der Waals surface area contributed by atoms with Crippen molar-refractivity contribution in [2.24, 2.45) is 0 Å². The van der Waals surface area contributed by atoms with Crippen molar-refractivity contribution in [3.8, 4) is 16.9 Å². The summed E-state index contributed by atoms with van der Waals surface area (Å²) in [5, 5.41) is 3.31. The number of para-hydroxylation sites is 1. The summed E-state index contributed by atoms with van der Waals surface area (Å²) in [6, 6.07) is 16.6. The van der Waals surface area contributed by atoms with Gasteiger partial charge in [0.25, 0.3) is 0 Å². The number of hydrogen-bond donors (Lipinski definition) is 1. The largest absolute Gasteiger partial charge is 0.480 e. The average molecular weight is 437 g/mol. The number of rotatable bonds is 1. The lowest BCUT2D eigenvalue weighted by molar-refractivity contribution is -0.137. The highest BCUT2D eigenvalue weighted by molar-refractivity contribution is 6.01. The van der Waals surface area contributed by atoms with Crippen LogP contribution < -0.4 is 10.1 Å².